The van der Waals surface area contributed by atoms with E-state index in [0.29, 0.717) is 13.2 Å². The van der Waals surface area contributed by atoms with E-state index in [-0.39, 0.29) is 12.1 Å². The zero-order chi connectivity index (χ0) is 12.4. The van der Waals surface area contributed by atoms with Crippen LogP contribution in [0.25, 0.3) is 0 Å². The molecular formula is C14H17N3O. The molecule has 0 aliphatic carbocycles. The summed E-state index contributed by atoms with van der Waals surface area (Å²) >= 11 is 0. The van der Waals surface area contributed by atoms with Crippen molar-refractivity contribution in [3.63, 3.8) is 0 Å². The second kappa shape index (κ2) is 4.92. The lowest BCUT2D eigenvalue weighted by atomic mass is 9.98. The van der Waals surface area contributed by atoms with E-state index >= 15 is 0 Å². The van der Waals surface area contributed by atoms with Gasteiger partial charge in [0.25, 0.3) is 0 Å². The molecule has 1 aromatic heterocycles. The summed E-state index contributed by atoms with van der Waals surface area (Å²) in [5.41, 5.74) is 2.61. The number of ether oxygens (including phenoxy) is 1. The summed E-state index contributed by atoms with van der Waals surface area (Å²) < 4.78 is 5.63. The number of fused-ring (bicyclic) bond motifs is 1. The van der Waals surface area contributed by atoms with Crippen molar-refractivity contribution in [1.82, 2.24) is 15.3 Å². The van der Waals surface area contributed by atoms with Crippen LogP contribution in [0, 0.1) is 0 Å². The lowest BCUT2D eigenvalue weighted by Gasteiger charge is -2.28. The van der Waals surface area contributed by atoms with Crippen LogP contribution in [0.5, 0.6) is 0 Å². The average Bonchev–Trinajstić information content (AvgIpc) is 2.93. The summed E-state index contributed by atoms with van der Waals surface area (Å²) in [7, 11) is 0. The Bertz CT molecular complexity index is 510. The summed E-state index contributed by atoms with van der Waals surface area (Å²) in [6.45, 7) is 3.53. The molecule has 3 rings (SSSR count). The smallest absolute Gasteiger partial charge is 0.122 e. The SMILES string of the molecule is CC(NC1COCc2ccccc21)c1ncc[nH]1. The molecule has 0 saturated carbocycles. The number of nitrogens with one attached hydrogen (secondary N) is 2. The molecule has 18 heavy (non-hydrogen) atoms. The molecule has 0 saturated heterocycles. The normalized spacial score (nSPS) is 20.4. The van der Waals surface area contributed by atoms with E-state index in [1.54, 1.807) is 6.20 Å². The van der Waals surface area contributed by atoms with Crippen LogP contribution in [0.3, 0.4) is 0 Å². The van der Waals surface area contributed by atoms with Gasteiger partial charge in [-0.25, -0.2) is 4.98 Å². The highest BCUT2D eigenvalue weighted by molar-refractivity contribution is 5.31. The largest absolute Gasteiger partial charge is 0.375 e. The topological polar surface area (TPSA) is 49.9 Å². The van der Waals surface area contributed by atoms with Gasteiger partial charge in [-0.2, -0.15) is 0 Å². The molecule has 0 fully saturated rings. The molecule has 1 aliphatic heterocycles. The number of imidazole rings is 1. The van der Waals surface area contributed by atoms with E-state index in [4.69, 9.17) is 4.74 Å². The van der Waals surface area contributed by atoms with Crippen LogP contribution in [-0.4, -0.2) is 16.6 Å². The molecule has 2 heterocycles. The van der Waals surface area contributed by atoms with E-state index in [0.717, 1.165) is 5.82 Å². The number of aromatic amines is 1. The van der Waals surface area contributed by atoms with Crippen LogP contribution >= 0.6 is 0 Å². The number of benzene rings is 1. The van der Waals surface area contributed by atoms with Crippen molar-refractivity contribution in [1.29, 1.82) is 0 Å². The molecule has 2 atom stereocenters. The van der Waals surface area contributed by atoms with Gasteiger partial charge in [0, 0.05) is 12.4 Å². The summed E-state index contributed by atoms with van der Waals surface area (Å²) in [5.74, 6) is 0.957. The minimum atomic E-state index is 0.180. The van der Waals surface area contributed by atoms with Crippen molar-refractivity contribution in [2.24, 2.45) is 0 Å². The standard InChI is InChI=1S/C14H17N3O/c1-10(14-15-6-7-16-14)17-13-9-18-8-11-4-2-3-5-12(11)13/h2-7,10,13,17H,8-9H2,1H3,(H,15,16). The minimum absolute atomic E-state index is 0.180. The fraction of sp³-hybridized carbons (Fsp3) is 0.357. The third kappa shape index (κ3) is 2.17. The summed E-state index contributed by atoms with van der Waals surface area (Å²) in [6.07, 6.45) is 3.62. The highest BCUT2D eigenvalue weighted by atomic mass is 16.5. The lowest BCUT2D eigenvalue weighted by Crippen LogP contribution is -2.32. The first-order chi connectivity index (χ1) is 8.84. The second-order valence-electron chi connectivity index (χ2n) is 4.63. The van der Waals surface area contributed by atoms with Crippen molar-refractivity contribution in [2.75, 3.05) is 6.61 Å². The van der Waals surface area contributed by atoms with E-state index in [2.05, 4.69) is 46.5 Å². The zero-order valence-electron chi connectivity index (χ0n) is 10.4. The van der Waals surface area contributed by atoms with E-state index < -0.39 is 0 Å². The Labute approximate surface area is 106 Å². The average molecular weight is 243 g/mol. The molecule has 2 unspecified atom stereocenters. The van der Waals surface area contributed by atoms with Crippen LogP contribution in [0.2, 0.25) is 0 Å². The Morgan fingerprint density at radius 1 is 1.44 bits per heavy atom. The first-order valence-corrected chi connectivity index (χ1v) is 6.25. The van der Waals surface area contributed by atoms with Crippen molar-refractivity contribution in [3.05, 3.63) is 53.6 Å². The Kier molecular flexibility index (Phi) is 3.13. The van der Waals surface area contributed by atoms with Crippen LogP contribution < -0.4 is 5.32 Å². The minimum Gasteiger partial charge on any atom is -0.375 e. The van der Waals surface area contributed by atoms with Gasteiger partial charge in [-0.15, -0.1) is 0 Å². The van der Waals surface area contributed by atoms with Gasteiger partial charge in [-0.1, -0.05) is 24.3 Å². The Balaban J connectivity index is 1.78. The van der Waals surface area contributed by atoms with Gasteiger partial charge in [0.2, 0.25) is 0 Å². The van der Waals surface area contributed by atoms with Gasteiger partial charge in [0.15, 0.2) is 0 Å². The van der Waals surface area contributed by atoms with Gasteiger partial charge >= 0.3 is 0 Å². The number of aromatic nitrogens is 2. The van der Waals surface area contributed by atoms with Crippen molar-refractivity contribution in [3.8, 4) is 0 Å². The molecule has 0 radical (unpaired) electrons. The predicted molar refractivity (Wildman–Crippen MR) is 69.0 cm³/mol. The molecule has 4 heteroatoms. The van der Waals surface area contributed by atoms with Gasteiger partial charge in [-0.05, 0) is 18.1 Å². The first-order valence-electron chi connectivity index (χ1n) is 6.25. The van der Waals surface area contributed by atoms with Crippen LogP contribution in [-0.2, 0) is 11.3 Å². The maximum Gasteiger partial charge on any atom is 0.122 e. The molecule has 1 aromatic carbocycles. The molecule has 4 nitrogen and oxygen atoms in total. The molecule has 1 aliphatic rings. The zero-order valence-corrected chi connectivity index (χ0v) is 10.4. The number of H-pyrrole nitrogens is 1. The highest BCUT2D eigenvalue weighted by Crippen LogP contribution is 2.26. The summed E-state index contributed by atoms with van der Waals surface area (Å²) in [6, 6.07) is 8.84. The molecule has 0 bridgehead atoms. The Hall–Kier alpha value is -1.65. The predicted octanol–water partition coefficient (Wildman–Crippen LogP) is 2.33. The van der Waals surface area contributed by atoms with Crippen LogP contribution in [0.4, 0.5) is 0 Å². The fourth-order valence-corrected chi connectivity index (χ4v) is 2.41. The molecule has 0 amide bonds. The second-order valence-corrected chi connectivity index (χ2v) is 4.63. The maximum absolute atomic E-state index is 5.63. The molecular weight excluding hydrogens is 226 g/mol. The number of hydrogen-bond donors (Lipinski definition) is 2. The van der Waals surface area contributed by atoms with Gasteiger partial charge in [-0.3, -0.25) is 5.32 Å². The fourth-order valence-electron chi connectivity index (χ4n) is 2.41. The molecule has 0 spiro atoms. The van der Waals surface area contributed by atoms with E-state index in [1.807, 2.05) is 6.20 Å². The van der Waals surface area contributed by atoms with Gasteiger partial charge in [0.05, 0.1) is 25.3 Å². The number of hydrogen-bond acceptors (Lipinski definition) is 3. The van der Waals surface area contributed by atoms with Crippen LogP contribution in [0.15, 0.2) is 36.7 Å². The lowest BCUT2D eigenvalue weighted by molar-refractivity contribution is 0.0788. The van der Waals surface area contributed by atoms with E-state index in [9.17, 15) is 0 Å². The van der Waals surface area contributed by atoms with Crippen molar-refractivity contribution >= 4 is 0 Å². The molecule has 2 aromatic rings. The van der Waals surface area contributed by atoms with Gasteiger partial charge < -0.3 is 9.72 Å². The monoisotopic (exact) mass is 243 g/mol. The Morgan fingerprint density at radius 3 is 3.17 bits per heavy atom. The third-order valence-electron chi connectivity index (χ3n) is 3.35. The quantitative estimate of drug-likeness (QED) is 0.870. The third-order valence-corrected chi connectivity index (χ3v) is 3.35. The van der Waals surface area contributed by atoms with E-state index in [1.165, 1.54) is 11.1 Å². The van der Waals surface area contributed by atoms with Crippen molar-refractivity contribution < 1.29 is 4.74 Å². The Morgan fingerprint density at radius 2 is 2.33 bits per heavy atom. The first kappa shape index (κ1) is 11.4. The maximum atomic E-state index is 5.63. The van der Waals surface area contributed by atoms with Crippen molar-refractivity contribution in [2.45, 2.75) is 25.6 Å². The summed E-state index contributed by atoms with van der Waals surface area (Å²) in [5, 5.41) is 3.56. The molecule has 2 N–H and O–H groups in total. The summed E-state index contributed by atoms with van der Waals surface area (Å²) in [4.78, 5) is 7.41. The molecule has 94 valence electrons. The number of nitrogens with zero attached hydrogens (tertiary/aromatic N) is 1. The van der Waals surface area contributed by atoms with Gasteiger partial charge in [0.1, 0.15) is 5.82 Å². The highest BCUT2D eigenvalue weighted by Gasteiger charge is 2.22. The van der Waals surface area contributed by atoms with Crippen LogP contribution in [0.1, 0.15) is 36.0 Å². The number of rotatable bonds is 3.